The molecule has 1 aliphatic rings. The Balaban J connectivity index is 1.75. The van der Waals surface area contributed by atoms with E-state index in [4.69, 9.17) is 4.74 Å². The number of aliphatic hydroxyl groups is 1. The van der Waals surface area contributed by atoms with Crippen LogP contribution in [0.3, 0.4) is 0 Å². The van der Waals surface area contributed by atoms with Gasteiger partial charge in [-0.05, 0) is 29.2 Å². The van der Waals surface area contributed by atoms with Gasteiger partial charge in [0.25, 0.3) is 0 Å². The highest BCUT2D eigenvalue weighted by atomic mass is 16.5. The smallest absolute Gasteiger partial charge is 0.114 e. The van der Waals surface area contributed by atoms with Crippen molar-refractivity contribution in [3.63, 3.8) is 0 Å². The maximum Gasteiger partial charge on any atom is 0.114 e. The maximum absolute atomic E-state index is 9.56. The molecule has 3 aromatic rings. The molecule has 0 bridgehead atoms. The number of aliphatic hydroxyl groups excluding tert-OH is 1. The Morgan fingerprint density at radius 1 is 1.17 bits per heavy atom. The Hall–Kier alpha value is -2.24. The third-order valence-electron chi connectivity index (χ3n) is 4.43. The van der Waals surface area contributed by atoms with Crippen LogP contribution in [0.1, 0.15) is 35.9 Å². The molecular formula is C18H19N3O2. The molecule has 0 spiro atoms. The Labute approximate surface area is 134 Å². The molecule has 2 aromatic carbocycles. The van der Waals surface area contributed by atoms with Crippen LogP contribution >= 0.6 is 0 Å². The van der Waals surface area contributed by atoms with Gasteiger partial charge in [-0.1, -0.05) is 47.7 Å². The van der Waals surface area contributed by atoms with Crippen LogP contribution in [0.4, 0.5) is 0 Å². The lowest BCUT2D eigenvalue weighted by Crippen LogP contribution is -2.12. The van der Waals surface area contributed by atoms with Gasteiger partial charge in [0.2, 0.25) is 0 Å². The second kappa shape index (κ2) is 6.10. The van der Waals surface area contributed by atoms with Gasteiger partial charge in [0.15, 0.2) is 0 Å². The summed E-state index contributed by atoms with van der Waals surface area (Å²) in [6.07, 6.45) is 1.98. The van der Waals surface area contributed by atoms with E-state index in [-0.39, 0.29) is 12.7 Å². The molecule has 1 fully saturated rings. The third kappa shape index (κ3) is 2.62. The first-order valence-corrected chi connectivity index (χ1v) is 7.98. The molecule has 23 heavy (non-hydrogen) atoms. The molecule has 5 heteroatoms. The van der Waals surface area contributed by atoms with E-state index >= 15 is 0 Å². The monoisotopic (exact) mass is 309 g/mol. The molecular weight excluding hydrogens is 290 g/mol. The number of hydrogen-bond acceptors (Lipinski definition) is 4. The first-order chi connectivity index (χ1) is 11.4. The van der Waals surface area contributed by atoms with E-state index in [1.807, 2.05) is 16.8 Å². The summed E-state index contributed by atoms with van der Waals surface area (Å²) in [6.45, 7) is 1.28. The second-order valence-electron chi connectivity index (χ2n) is 5.88. The fraction of sp³-hybridized carbons (Fsp3) is 0.333. The predicted octanol–water partition coefficient (Wildman–Crippen LogP) is 2.82. The highest BCUT2D eigenvalue weighted by Crippen LogP contribution is 2.31. The highest BCUT2D eigenvalue weighted by molar-refractivity contribution is 5.85. The largest absolute Gasteiger partial charge is 0.390 e. The molecule has 1 aromatic heterocycles. The summed E-state index contributed by atoms with van der Waals surface area (Å²) in [7, 11) is 0. The quantitative estimate of drug-likeness (QED) is 0.805. The second-order valence-corrected chi connectivity index (χ2v) is 5.88. The fourth-order valence-electron chi connectivity index (χ4n) is 3.32. The molecule has 0 aliphatic carbocycles. The molecule has 5 nitrogen and oxygen atoms in total. The molecule has 4 rings (SSSR count). The summed E-state index contributed by atoms with van der Waals surface area (Å²) in [5, 5.41) is 20.4. The summed E-state index contributed by atoms with van der Waals surface area (Å²) in [4.78, 5) is 0. The standard InChI is InChI=1S/C18H19N3O2/c22-12-16-18(17-9-4-10-23-17)21(20-19-16)11-14-7-3-6-13-5-1-2-8-15(13)14/h1-3,5-8,17,22H,4,9-12H2. The zero-order valence-corrected chi connectivity index (χ0v) is 12.9. The summed E-state index contributed by atoms with van der Waals surface area (Å²) < 4.78 is 7.67. The SMILES string of the molecule is OCc1nnn(Cc2cccc3ccccc23)c1C1CCCO1. The van der Waals surface area contributed by atoms with Gasteiger partial charge in [-0.2, -0.15) is 0 Å². The van der Waals surface area contributed by atoms with Crippen LogP contribution in [0.25, 0.3) is 10.8 Å². The normalized spacial score (nSPS) is 17.9. The number of benzene rings is 2. The van der Waals surface area contributed by atoms with E-state index in [0.717, 1.165) is 25.1 Å². The van der Waals surface area contributed by atoms with Gasteiger partial charge in [0, 0.05) is 6.61 Å². The summed E-state index contributed by atoms with van der Waals surface area (Å²) in [5.74, 6) is 0. The van der Waals surface area contributed by atoms with Crippen molar-refractivity contribution in [1.29, 1.82) is 0 Å². The van der Waals surface area contributed by atoms with Gasteiger partial charge in [-0.25, -0.2) is 4.68 Å². The van der Waals surface area contributed by atoms with Crippen LogP contribution in [0, 0.1) is 0 Å². The van der Waals surface area contributed by atoms with Crippen molar-refractivity contribution >= 4 is 10.8 Å². The lowest BCUT2D eigenvalue weighted by Gasteiger charge is -2.14. The number of aromatic nitrogens is 3. The van der Waals surface area contributed by atoms with Crippen LogP contribution in [0.2, 0.25) is 0 Å². The van der Waals surface area contributed by atoms with Crippen LogP contribution in [-0.2, 0) is 17.9 Å². The predicted molar refractivity (Wildman–Crippen MR) is 86.9 cm³/mol. The molecule has 118 valence electrons. The molecule has 0 saturated carbocycles. The molecule has 1 N–H and O–H groups in total. The molecule has 1 aliphatic heterocycles. The van der Waals surface area contributed by atoms with Crippen LogP contribution in [-0.4, -0.2) is 26.7 Å². The van der Waals surface area contributed by atoms with Crippen LogP contribution in [0.5, 0.6) is 0 Å². The van der Waals surface area contributed by atoms with Gasteiger partial charge in [-0.15, -0.1) is 5.10 Å². The molecule has 0 amide bonds. The van der Waals surface area contributed by atoms with Crippen molar-refractivity contribution in [2.75, 3.05) is 6.61 Å². The van der Waals surface area contributed by atoms with E-state index in [1.165, 1.54) is 16.3 Å². The average Bonchev–Trinajstić information content (AvgIpc) is 3.24. The van der Waals surface area contributed by atoms with E-state index in [1.54, 1.807) is 0 Å². The number of fused-ring (bicyclic) bond motifs is 1. The summed E-state index contributed by atoms with van der Waals surface area (Å²) in [6, 6.07) is 14.6. The van der Waals surface area contributed by atoms with Crippen molar-refractivity contribution in [1.82, 2.24) is 15.0 Å². The average molecular weight is 309 g/mol. The minimum absolute atomic E-state index is 0.0119. The van der Waals surface area contributed by atoms with Crippen molar-refractivity contribution in [3.8, 4) is 0 Å². The lowest BCUT2D eigenvalue weighted by molar-refractivity contribution is 0.102. The molecule has 0 radical (unpaired) electrons. The van der Waals surface area contributed by atoms with Gasteiger partial charge < -0.3 is 9.84 Å². The molecule has 1 unspecified atom stereocenters. The van der Waals surface area contributed by atoms with Gasteiger partial charge in [0.1, 0.15) is 11.8 Å². The number of hydrogen-bond donors (Lipinski definition) is 1. The van der Waals surface area contributed by atoms with Crippen LogP contribution in [0.15, 0.2) is 42.5 Å². The lowest BCUT2D eigenvalue weighted by atomic mass is 10.0. The van der Waals surface area contributed by atoms with E-state index < -0.39 is 0 Å². The third-order valence-corrected chi connectivity index (χ3v) is 4.43. The van der Waals surface area contributed by atoms with Crippen molar-refractivity contribution in [2.24, 2.45) is 0 Å². The molecule has 1 atom stereocenters. The summed E-state index contributed by atoms with van der Waals surface area (Å²) in [5.41, 5.74) is 2.73. The van der Waals surface area contributed by atoms with Crippen molar-refractivity contribution < 1.29 is 9.84 Å². The number of nitrogens with zero attached hydrogens (tertiary/aromatic N) is 3. The topological polar surface area (TPSA) is 60.2 Å². The minimum Gasteiger partial charge on any atom is -0.390 e. The maximum atomic E-state index is 9.56. The Morgan fingerprint density at radius 2 is 2.04 bits per heavy atom. The van der Waals surface area contributed by atoms with E-state index in [2.05, 4.69) is 40.6 Å². The minimum atomic E-state index is -0.106. The van der Waals surface area contributed by atoms with Crippen molar-refractivity contribution in [3.05, 3.63) is 59.4 Å². The Bertz CT molecular complexity index is 817. The molecule has 2 heterocycles. The van der Waals surface area contributed by atoms with Crippen molar-refractivity contribution in [2.45, 2.75) is 32.1 Å². The Morgan fingerprint density at radius 3 is 2.87 bits per heavy atom. The number of rotatable bonds is 4. The zero-order valence-electron chi connectivity index (χ0n) is 12.9. The van der Waals surface area contributed by atoms with E-state index in [9.17, 15) is 5.11 Å². The fourth-order valence-corrected chi connectivity index (χ4v) is 3.32. The number of ether oxygens (including phenoxy) is 1. The van der Waals surface area contributed by atoms with E-state index in [0.29, 0.717) is 12.2 Å². The molecule has 1 saturated heterocycles. The Kier molecular flexibility index (Phi) is 3.81. The first-order valence-electron chi connectivity index (χ1n) is 7.98. The van der Waals surface area contributed by atoms with Gasteiger partial charge in [-0.3, -0.25) is 0 Å². The summed E-state index contributed by atoms with van der Waals surface area (Å²) >= 11 is 0. The first kappa shape index (κ1) is 14.4. The zero-order chi connectivity index (χ0) is 15.6. The highest BCUT2D eigenvalue weighted by Gasteiger charge is 2.26. The van der Waals surface area contributed by atoms with Gasteiger partial charge in [0.05, 0.1) is 18.8 Å². The van der Waals surface area contributed by atoms with Crippen LogP contribution < -0.4 is 0 Å². The van der Waals surface area contributed by atoms with Gasteiger partial charge >= 0.3 is 0 Å².